The molecule has 2 rings (SSSR count). The van der Waals surface area contributed by atoms with Gasteiger partial charge in [0.25, 0.3) is 11.8 Å². The van der Waals surface area contributed by atoms with E-state index in [2.05, 4.69) is 32.1 Å². The molecule has 0 aliphatic carbocycles. The van der Waals surface area contributed by atoms with E-state index in [0.29, 0.717) is 25.8 Å². The monoisotopic (exact) mass is 475 g/mol. The van der Waals surface area contributed by atoms with Crippen molar-refractivity contribution in [2.75, 3.05) is 7.11 Å². The molecule has 2 amide bonds. The van der Waals surface area contributed by atoms with Gasteiger partial charge in [0.15, 0.2) is 5.11 Å². The Morgan fingerprint density at radius 1 is 1.00 bits per heavy atom. The molecule has 0 radical (unpaired) electrons. The molecule has 0 unspecified atom stereocenters. The number of hydrogen-bond acceptors (Lipinski definition) is 4. The molecule has 2 aromatic rings. The Morgan fingerprint density at radius 2 is 1.65 bits per heavy atom. The van der Waals surface area contributed by atoms with Crippen molar-refractivity contribution in [1.82, 2.24) is 16.2 Å². The second-order valence-corrected chi connectivity index (χ2v) is 7.01. The zero-order valence-electron chi connectivity index (χ0n) is 13.2. The number of halogens is 3. The van der Waals surface area contributed by atoms with Gasteiger partial charge in [0, 0.05) is 21.2 Å². The molecule has 0 aromatic heterocycles. The van der Waals surface area contributed by atoms with Crippen LogP contribution in [0.2, 0.25) is 10.0 Å². The van der Waals surface area contributed by atoms with Crippen LogP contribution in [0.4, 0.5) is 0 Å². The summed E-state index contributed by atoms with van der Waals surface area (Å²) in [6, 6.07) is 9.20. The van der Waals surface area contributed by atoms with Gasteiger partial charge in [-0.15, -0.1) is 0 Å². The van der Waals surface area contributed by atoms with Crippen LogP contribution >= 0.6 is 51.3 Å². The predicted molar refractivity (Wildman–Crippen MR) is 108 cm³/mol. The first-order valence-corrected chi connectivity index (χ1v) is 8.97. The van der Waals surface area contributed by atoms with Gasteiger partial charge in [-0.05, 0) is 64.5 Å². The highest BCUT2D eigenvalue weighted by molar-refractivity contribution is 9.10. The van der Waals surface area contributed by atoms with Gasteiger partial charge in [0.1, 0.15) is 5.75 Å². The summed E-state index contributed by atoms with van der Waals surface area (Å²) in [5.41, 5.74) is 5.43. The molecule has 0 spiro atoms. The van der Waals surface area contributed by atoms with Crippen molar-refractivity contribution < 1.29 is 14.3 Å². The minimum Gasteiger partial charge on any atom is -0.496 e. The van der Waals surface area contributed by atoms with Crippen LogP contribution in [0.15, 0.2) is 40.9 Å². The van der Waals surface area contributed by atoms with E-state index in [1.165, 1.54) is 25.3 Å². The molecule has 10 heteroatoms. The summed E-state index contributed by atoms with van der Waals surface area (Å²) in [6.45, 7) is 0. The summed E-state index contributed by atoms with van der Waals surface area (Å²) in [6.07, 6.45) is 0. The molecule has 0 aliphatic rings. The van der Waals surface area contributed by atoms with E-state index in [-0.39, 0.29) is 10.7 Å². The molecule has 0 heterocycles. The van der Waals surface area contributed by atoms with E-state index in [0.717, 1.165) is 0 Å². The average Bonchev–Trinajstić information content (AvgIpc) is 2.58. The second kappa shape index (κ2) is 9.18. The van der Waals surface area contributed by atoms with Crippen molar-refractivity contribution in [2.45, 2.75) is 0 Å². The molecule has 0 saturated carbocycles. The summed E-state index contributed by atoms with van der Waals surface area (Å²) in [7, 11) is 1.52. The summed E-state index contributed by atoms with van der Waals surface area (Å²) in [5.74, 6) is -0.374. The maximum Gasteiger partial charge on any atom is 0.269 e. The van der Waals surface area contributed by atoms with E-state index >= 15 is 0 Å². The van der Waals surface area contributed by atoms with Gasteiger partial charge in [0.2, 0.25) is 0 Å². The zero-order chi connectivity index (χ0) is 19.3. The first kappa shape index (κ1) is 20.4. The van der Waals surface area contributed by atoms with E-state index < -0.39 is 11.8 Å². The topological polar surface area (TPSA) is 79.5 Å². The fraction of sp³-hybridized carbons (Fsp3) is 0.0625. The van der Waals surface area contributed by atoms with Crippen LogP contribution in [0.1, 0.15) is 20.7 Å². The SMILES string of the molecule is COc1ccc(C(=O)NNC(=S)NC(=O)c2cc(Cl)cc(Cl)c2)cc1Br. The number of hydrazine groups is 1. The fourth-order valence-corrected chi connectivity index (χ4v) is 3.10. The molecule has 0 atom stereocenters. The van der Waals surface area contributed by atoms with Crippen molar-refractivity contribution in [3.05, 3.63) is 62.0 Å². The molecular formula is C16H12BrCl2N3O3S. The normalized spacial score (nSPS) is 10.0. The number of thiocarbonyl (C=S) groups is 1. The van der Waals surface area contributed by atoms with Crippen LogP contribution < -0.4 is 20.9 Å². The Morgan fingerprint density at radius 3 is 2.23 bits per heavy atom. The van der Waals surface area contributed by atoms with E-state index in [1.54, 1.807) is 18.2 Å². The van der Waals surface area contributed by atoms with Gasteiger partial charge in [-0.1, -0.05) is 23.2 Å². The predicted octanol–water partition coefficient (Wildman–Crippen LogP) is 3.71. The molecule has 0 saturated heterocycles. The molecule has 136 valence electrons. The minimum atomic E-state index is -0.520. The Balaban J connectivity index is 1.92. The fourth-order valence-electron chi connectivity index (χ4n) is 1.88. The standard InChI is InChI=1S/C16H12BrCl2N3O3S/c1-25-13-3-2-8(6-12(13)17)15(24)21-22-16(26)20-14(23)9-4-10(18)7-11(19)5-9/h2-7H,1H3,(H,21,24)(H2,20,22,23,26). The van der Waals surface area contributed by atoms with Gasteiger partial charge in [0.05, 0.1) is 11.6 Å². The highest BCUT2D eigenvalue weighted by Crippen LogP contribution is 2.25. The van der Waals surface area contributed by atoms with Crippen molar-refractivity contribution in [2.24, 2.45) is 0 Å². The summed E-state index contributed by atoms with van der Waals surface area (Å²) in [4.78, 5) is 24.2. The Labute approximate surface area is 173 Å². The largest absolute Gasteiger partial charge is 0.496 e. The third-order valence-electron chi connectivity index (χ3n) is 3.06. The molecule has 0 fully saturated rings. The molecule has 6 nitrogen and oxygen atoms in total. The second-order valence-electron chi connectivity index (χ2n) is 4.87. The number of nitrogens with one attached hydrogen (secondary N) is 3. The van der Waals surface area contributed by atoms with Gasteiger partial charge >= 0.3 is 0 Å². The third-order valence-corrected chi connectivity index (χ3v) is 4.32. The number of hydrogen-bond donors (Lipinski definition) is 3. The van der Waals surface area contributed by atoms with Gasteiger partial charge in [-0.2, -0.15) is 0 Å². The minimum absolute atomic E-state index is 0.0907. The summed E-state index contributed by atoms with van der Waals surface area (Å²) >= 11 is 20.0. The van der Waals surface area contributed by atoms with E-state index in [4.69, 9.17) is 40.2 Å². The number of methoxy groups -OCH3 is 1. The molecule has 2 aromatic carbocycles. The molecule has 3 N–H and O–H groups in total. The van der Waals surface area contributed by atoms with Crippen LogP contribution in [0.5, 0.6) is 5.75 Å². The van der Waals surface area contributed by atoms with Gasteiger partial charge in [-0.25, -0.2) is 0 Å². The highest BCUT2D eigenvalue weighted by Gasteiger charge is 2.12. The Hall–Kier alpha value is -1.87. The number of carbonyl (C=O) groups excluding carboxylic acids is 2. The zero-order valence-corrected chi connectivity index (χ0v) is 17.1. The quantitative estimate of drug-likeness (QED) is 0.464. The van der Waals surface area contributed by atoms with E-state index in [9.17, 15) is 9.59 Å². The number of carbonyl (C=O) groups is 2. The maximum absolute atomic E-state index is 12.1. The average molecular weight is 477 g/mol. The van der Waals surface area contributed by atoms with Crippen molar-refractivity contribution in [3.8, 4) is 5.75 Å². The summed E-state index contributed by atoms with van der Waals surface area (Å²) < 4.78 is 5.73. The maximum atomic E-state index is 12.1. The first-order valence-electron chi connectivity index (χ1n) is 7.01. The lowest BCUT2D eigenvalue weighted by Gasteiger charge is -2.12. The lowest BCUT2D eigenvalue weighted by atomic mass is 10.2. The number of ether oxygens (including phenoxy) is 1. The smallest absolute Gasteiger partial charge is 0.269 e. The molecule has 26 heavy (non-hydrogen) atoms. The highest BCUT2D eigenvalue weighted by atomic mass is 79.9. The van der Waals surface area contributed by atoms with Crippen LogP contribution in [0.3, 0.4) is 0 Å². The van der Waals surface area contributed by atoms with Crippen LogP contribution in [-0.2, 0) is 0 Å². The lowest BCUT2D eigenvalue weighted by molar-refractivity contribution is 0.0934. The number of rotatable bonds is 3. The van der Waals surface area contributed by atoms with Crippen LogP contribution in [0, 0.1) is 0 Å². The summed E-state index contributed by atoms with van der Waals surface area (Å²) in [5, 5.41) is 2.96. The number of amides is 2. The molecular weight excluding hydrogens is 465 g/mol. The van der Waals surface area contributed by atoms with Gasteiger partial charge in [-0.3, -0.25) is 25.8 Å². The van der Waals surface area contributed by atoms with Crippen molar-refractivity contribution >= 4 is 68.3 Å². The Bertz CT molecular complexity index is 860. The van der Waals surface area contributed by atoms with Gasteiger partial charge < -0.3 is 4.74 Å². The number of benzene rings is 2. The molecule has 0 aliphatic heterocycles. The van der Waals surface area contributed by atoms with E-state index in [1.807, 2.05) is 0 Å². The van der Waals surface area contributed by atoms with Crippen LogP contribution in [-0.4, -0.2) is 24.0 Å². The van der Waals surface area contributed by atoms with Crippen molar-refractivity contribution in [1.29, 1.82) is 0 Å². The third kappa shape index (κ3) is 5.57. The lowest BCUT2D eigenvalue weighted by Crippen LogP contribution is -2.48. The molecule has 0 bridgehead atoms. The van der Waals surface area contributed by atoms with Crippen molar-refractivity contribution in [3.63, 3.8) is 0 Å². The van der Waals surface area contributed by atoms with Crippen LogP contribution in [0.25, 0.3) is 0 Å². The Kier molecular flexibility index (Phi) is 7.22. The first-order chi connectivity index (χ1) is 12.3.